The summed E-state index contributed by atoms with van der Waals surface area (Å²) in [5, 5.41) is 9.62. The fraction of sp³-hybridized carbons (Fsp3) is 0.250. The molecule has 8 nitrogen and oxygen atoms in total. The number of rotatable bonds is 14. The van der Waals surface area contributed by atoms with E-state index in [0.717, 1.165) is 12.1 Å². The van der Waals surface area contributed by atoms with Crippen molar-refractivity contribution in [3.05, 3.63) is 129 Å². The highest BCUT2D eigenvalue weighted by molar-refractivity contribution is 7.10. The second-order valence-corrected chi connectivity index (χ2v) is 14.3. The van der Waals surface area contributed by atoms with Gasteiger partial charge in [0.2, 0.25) is 0 Å². The number of fused-ring (bicyclic) bond motifs is 2. The fourth-order valence-electron chi connectivity index (χ4n) is 6.14. The molecule has 0 saturated heterocycles. The summed E-state index contributed by atoms with van der Waals surface area (Å²) in [5.41, 5.74) is -1.62. The first-order chi connectivity index (χ1) is 26.8. The van der Waals surface area contributed by atoms with Gasteiger partial charge < -0.3 is 18.9 Å². The minimum absolute atomic E-state index is 0.0414. The molecule has 4 atom stereocenters. The third-order valence-corrected chi connectivity index (χ3v) is 10.7. The Morgan fingerprint density at radius 1 is 0.554 bits per heavy atom. The molecule has 4 unspecified atom stereocenters. The summed E-state index contributed by atoms with van der Waals surface area (Å²) in [6.07, 6.45) is -13.1. The number of ether oxygens (including phenoxy) is 4. The maximum absolute atomic E-state index is 13.8. The second-order valence-electron chi connectivity index (χ2n) is 12.4. The largest absolute Gasteiger partial charge is 0.484 e. The predicted molar refractivity (Wildman–Crippen MR) is 200 cm³/mol. The van der Waals surface area contributed by atoms with Crippen LogP contribution in [0.3, 0.4) is 0 Å². The van der Waals surface area contributed by atoms with Crippen LogP contribution in [0.5, 0.6) is 11.5 Å². The number of thiophene rings is 2. The smallest absolute Gasteiger partial charge is 0.419 e. The molecule has 6 aromatic rings. The molecule has 4 aromatic carbocycles. The van der Waals surface area contributed by atoms with Crippen LogP contribution in [0, 0.1) is 0 Å². The van der Waals surface area contributed by atoms with Gasteiger partial charge in [0, 0.05) is 33.4 Å². The zero-order valence-corrected chi connectivity index (χ0v) is 31.3. The Morgan fingerprint density at radius 2 is 0.929 bits per heavy atom. The van der Waals surface area contributed by atoms with Crippen LogP contribution in [0.15, 0.2) is 108 Å². The molecule has 2 N–H and O–H groups in total. The van der Waals surface area contributed by atoms with Gasteiger partial charge in [0.05, 0.1) is 11.1 Å². The molecule has 0 fully saturated rings. The van der Waals surface area contributed by atoms with Gasteiger partial charge in [-0.1, -0.05) is 60.7 Å². The first kappa shape index (κ1) is 40.5. The molecule has 0 spiro atoms. The van der Waals surface area contributed by atoms with Gasteiger partial charge in [0.25, 0.3) is 0 Å². The molecule has 2 aromatic heterocycles. The van der Waals surface area contributed by atoms with E-state index in [9.17, 15) is 35.9 Å². The molecular formula is C40H34F6N2O6S2. The van der Waals surface area contributed by atoms with Crippen molar-refractivity contribution in [1.29, 1.82) is 0 Å². The molecule has 294 valence electrons. The molecule has 0 aliphatic heterocycles. The molecule has 0 radical (unpaired) electrons. The number of hydrogen-bond acceptors (Lipinski definition) is 10. The van der Waals surface area contributed by atoms with Crippen LogP contribution >= 0.6 is 22.7 Å². The standard InChI is InChI=1S/C40H34F6N2O6S2/c1-47-35(21-31(33-13-7-19-55-33)51-29-17-15-27(39(41,42)43)23-9-3-5-11-25(23)29)53-37(49)38(50)54-36(48-2)22-32(34-14-8-20-56-34)52-30-18-16-28(40(44,45)46)24-10-4-6-12-26(24)30/h3-20,31-32,35-36,47-48H,21-22H2,1-2H3. The zero-order chi connectivity index (χ0) is 40.0. The van der Waals surface area contributed by atoms with Crippen LogP contribution < -0.4 is 20.1 Å². The van der Waals surface area contributed by atoms with Gasteiger partial charge in [-0.2, -0.15) is 26.3 Å². The Morgan fingerprint density at radius 3 is 1.25 bits per heavy atom. The van der Waals surface area contributed by atoms with E-state index in [1.807, 2.05) is 0 Å². The number of carbonyl (C=O) groups excluding carboxylic acids is 2. The van der Waals surface area contributed by atoms with E-state index >= 15 is 0 Å². The molecular weight excluding hydrogens is 783 g/mol. The number of alkyl halides is 6. The van der Waals surface area contributed by atoms with Crippen LogP contribution in [-0.4, -0.2) is 38.5 Å². The molecule has 56 heavy (non-hydrogen) atoms. The van der Waals surface area contributed by atoms with Gasteiger partial charge in [-0.3, -0.25) is 10.6 Å². The average Bonchev–Trinajstić information content (AvgIpc) is 3.92. The molecule has 0 aliphatic carbocycles. The van der Waals surface area contributed by atoms with Crippen molar-refractivity contribution < 1.29 is 54.9 Å². The average molecular weight is 817 g/mol. The maximum Gasteiger partial charge on any atom is 0.419 e. The first-order valence-corrected chi connectivity index (χ1v) is 18.9. The van der Waals surface area contributed by atoms with Gasteiger partial charge in [-0.25, -0.2) is 9.59 Å². The van der Waals surface area contributed by atoms with Gasteiger partial charge in [0.1, 0.15) is 23.7 Å². The summed E-state index contributed by atoms with van der Waals surface area (Å²) in [5.74, 6) is -2.32. The Labute approximate surface area is 324 Å². The SMILES string of the molecule is CNC(CC(Oc1ccc(C(F)(F)F)c2ccccc12)c1cccs1)OC(=O)C(=O)OC(CC(Oc1ccc(C(F)(F)F)c2ccccc12)c1cccs1)NC. The van der Waals surface area contributed by atoms with E-state index in [2.05, 4.69) is 10.6 Å². The van der Waals surface area contributed by atoms with Crippen LogP contribution in [0.1, 0.15) is 45.9 Å². The Balaban J connectivity index is 1.15. The number of nitrogens with one attached hydrogen (secondary N) is 2. The summed E-state index contributed by atoms with van der Waals surface area (Å²) in [4.78, 5) is 27.6. The Kier molecular flexibility index (Phi) is 12.5. The number of halogens is 6. The van der Waals surface area contributed by atoms with Gasteiger partial charge >= 0.3 is 24.3 Å². The highest BCUT2D eigenvalue weighted by Crippen LogP contribution is 2.42. The van der Waals surface area contributed by atoms with E-state index in [4.69, 9.17) is 18.9 Å². The van der Waals surface area contributed by atoms with Crippen LogP contribution in [0.2, 0.25) is 0 Å². The highest BCUT2D eigenvalue weighted by atomic mass is 32.1. The maximum atomic E-state index is 13.8. The molecule has 0 saturated carbocycles. The molecule has 6 rings (SSSR count). The number of carbonyl (C=O) groups is 2. The van der Waals surface area contributed by atoms with Gasteiger partial charge in [-0.05, 0) is 72.0 Å². The van der Waals surface area contributed by atoms with Crippen molar-refractivity contribution in [3.8, 4) is 11.5 Å². The molecule has 0 bridgehead atoms. The lowest BCUT2D eigenvalue weighted by atomic mass is 10.0. The quantitative estimate of drug-likeness (QED) is 0.0486. The number of benzene rings is 4. The lowest BCUT2D eigenvalue weighted by Crippen LogP contribution is -2.40. The summed E-state index contributed by atoms with van der Waals surface area (Å²) in [6, 6.07) is 23.4. The molecule has 0 aliphatic rings. The van der Waals surface area contributed by atoms with E-state index in [1.165, 1.54) is 85.3 Å². The van der Waals surface area contributed by atoms with Gasteiger partial charge in [-0.15, -0.1) is 22.7 Å². The molecule has 0 amide bonds. The Bertz CT molecular complexity index is 2100. The lowest BCUT2D eigenvalue weighted by molar-refractivity contribution is -0.177. The van der Waals surface area contributed by atoms with E-state index in [-0.39, 0.29) is 45.9 Å². The normalized spacial score (nSPS) is 14.2. The van der Waals surface area contributed by atoms with E-state index < -0.39 is 60.1 Å². The fourth-order valence-corrected chi connectivity index (χ4v) is 7.67. The topological polar surface area (TPSA) is 95.1 Å². The van der Waals surface area contributed by atoms with Crippen LogP contribution in [0.4, 0.5) is 26.3 Å². The van der Waals surface area contributed by atoms with Crippen molar-refractivity contribution in [2.24, 2.45) is 0 Å². The van der Waals surface area contributed by atoms with Crippen molar-refractivity contribution in [2.45, 2.75) is 49.9 Å². The number of esters is 2. The number of hydrogen-bond donors (Lipinski definition) is 2. The van der Waals surface area contributed by atoms with Crippen molar-refractivity contribution in [1.82, 2.24) is 10.6 Å². The summed E-state index contributed by atoms with van der Waals surface area (Å²) in [7, 11) is 2.99. The monoisotopic (exact) mass is 816 g/mol. The zero-order valence-electron chi connectivity index (χ0n) is 29.6. The Hall–Kier alpha value is -5.16. The third kappa shape index (κ3) is 9.44. The second kappa shape index (κ2) is 17.3. The van der Waals surface area contributed by atoms with E-state index in [1.54, 1.807) is 47.2 Å². The first-order valence-electron chi connectivity index (χ1n) is 17.1. The van der Waals surface area contributed by atoms with Crippen molar-refractivity contribution >= 4 is 56.2 Å². The van der Waals surface area contributed by atoms with Crippen LogP contribution in [-0.2, 0) is 31.4 Å². The van der Waals surface area contributed by atoms with E-state index in [0.29, 0.717) is 9.75 Å². The van der Waals surface area contributed by atoms with Gasteiger partial charge in [0.15, 0.2) is 12.5 Å². The molecule has 16 heteroatoms. The molecule has 2 heterocycles. The van der Waals surface area contributed by atoms with Crippen LogP contribution in [0.25, 0.3) is 21.5 Å². The lowest BCUT2D eigenvalue weighted by Gasteiger charge is -2.26. The highest BCUT2D eigenvalue weighted by Gasteiger charge is 2.35. The summed E-state index contributed by atoms with van der Waals surface area (Å²) in [6.45, 7) is 0. The minimum atomic E-state index is -4.59. The summed E-state index contributed by atoms with van der Waals surface area (Å²) < 4.78 is 106. The summed E-state index contributed by atoms with van der Waals surface area (Å²) >= 11 is 2.65. The predicted octanol–water partition coefficient (Wildman–Crippen LogP) is 10.1. The van der Waals surface area contributed by atoms with Crippen molar-refractivity contribution in [2.75, 3.05) is 14.1 Å². The minimum Gasteiger partial charge on any atom is -0.484 e. The van der Waals surface area contributed by atoms with Crippen molar-refractivity contribution in [3.63, 3.8) is 0 Å². The third-order valence-electron chi connectivity index (χ3n) is 8.80.